The highest BCUT2D eigenvalue weighted by Crippen LogP contribution is 2.35. The summed E-state index contributed by atoms with van der Waals surface area (Å²) in [4.78, 5) is 145. The Bertz CT molecular complexity index is 3400. The second kappa shape index (κ2) is 42.6. The van der Waals surface area contributed by atoms with Crippen molar-refractivity contribution in [2.45, 2.75) is 215 Å². The Morgan fingerprint density at radius 2 is 1.33 bits per heavy atom. The van der Waals surface area contributed by atoms with E-state index in [1.54, 1.807) is 61.9 Å². The van der Waals surface area contributed by atoms with Gasteiger partial charge in [0.05, 0.1) is 48.7 Å². The number of nitrogens with zero attached hydrogens (tertiary/aromatic N) is 4. The normalized spacial score (nSPS) is 18.4. The number of ketones is 2. The van der Waals surface area contributed by atoms with Gasteiger partial charge in [0.2, 0.25) is 47.0 Å². The summed E-state index contributed by atoms with van der Waals surface area (Å²) in [5, 5.41) is 14.4. The zero-order valence-electron chi connectivity index (χ0n) is 65.1. The molecule has 590 valence electrons. The second-order valence-corrected chi connectivity index (χ2v) is 30.2. The highest BCUT2D eigenvalue weighted by molar-refractivity contribution is 5.97. The molecule has 2 heterocycles. The van der Waals surface area contributed by atoms with E-state index in [4.69, 9.17) is 19.9 Å². The topological polar surface area (TPSA) is 298 Å². The van der Waals surface area contributed by atoms with Crippen LogP contribution in [-0.2, 0) is 65.5 Å². The number of anilines is 1. The number of nitrogens with two attached hydrogens (primary N) is 1. The second-order valence-electron chi connectivity index (χ2n) is 30.2. The molecular formula is C79H118F4N10O13. The zero-order chi connectivity index (χ0) is 79.0. The number of carbonyl (C=O) groups is 10. The number of hydrogen-bond donors (Lipinski definition) is 6. The molecule has 5 rings (SSSR count). The number of primary amides is 1. The third-order valence-electron chi connectivity index (χ3n) is 21.1. The van der Waals surface area contributed by atoms with E-state index < -0.39 is 124 Å². The number of Topliss-reactive ketones (excluding diaryl/α,β-unsaturated/α-hetero) is 2. The summed E-state index contributed by atoms with van der Waals surface area (Å²) in [6.07, 6.45) is 2.12. The number of ether oxygens (including phenoxy) is 3. The highest BCUT2D eigenvalue weighted by Gasteiger charge is 2.44. The largest absolute Gasteiger partial charge is 0.420 e. The number of likely N-dealkylation sites (N-methyl/N-ethyl adjacent to an activating group) is 2. The molecule has 8 amide bonds. The van der Waals surface area contributed by atoms with E-state index in [1.807, 2.05) is 103 Å². The van der Waals surface area contributed by atoms with Crippen LogP contribution in [0.3, 0.4) is 0 Å². The molecule has 2 fully saturated rings. The van der Waals surface area contributed by atoms with Crippen molar-refractivity contribution in [3.63, 3.8) is 0 Å². The number of piperidine rings is 1. The quantitative estimate of drug-likeness (QED) is 0.00769. The molecule has 2 aliphatic heterocycles. The van der Waals surface area contributed by atoms with Crippen LogP contribution in [0.1, 0.15) is 163 Å². The van der Waals surface area contributed by atoms with E-state index in [1.165, 1.54) is 14.2 Å². The van der Waals surface area contributed by atoms with Gasteiger partial charge >= 0.3 is 12.0 Å². The average Bonchev–Trinajstić information content (AvgIpc) is 0.825. The van der Waals surface area contributed by atoms with Crippen LogP contribution in [0, 0.1) is 77.5 Å². The summed E-state index contributed by atoms with van der Waals surface area (Å²) in [6, 6.07) is 12.2. The maximum atomic E-state index is 14.7. The molecule has 0 aliphatic carbocycles. The van der Waals surface area contributed by atoms with Gasteiger partial charge in [-0.2, -0.15) is 4.39 Å². The van der Waals surface area contributed by atoms with Gasteiger partial charge in [-0.05, 0) is 146 Å². The van der Waals surface area contributed by atoms with Crippen LogP contribution in [0.4, 0.5) is 28.0 Å². The van der Waals surface area contributed by atoms with Crippen molar-refractivity contribution < 1.29 is 79.7 Å². The summed E-state index contributed by atoms with van der Waals surface area (Å²) in [5.74, 6) is -15.7. The van der Waals surface area contributed by atoms with Gasteiger partial charge in [-0.15, -0.1) is 0 Å². The molecule has 0 bridgehead atoms. The summed E-state index contributed by atoms with van der Waals surface area (Å²) in [5.41, 5.74) is 6.60. The summed E-state index contributed by atoms with van der Waals surface area (Å²) >= 11 is 0. The molecule has 2 unspecified atom stereocenters. The molecule has 0 saturated carbocycles. The van der Waals surface area contributed by atoms with E-state index in [2.05, 4.69) is 26.6 Å². The highest BCUT2D eigenvalue weighted by atomic mass is 19.2. The maximum absolute atomic E-state index is 14.7. The third kappa shape index (κ3) is 25.1. The van der Waals surface area contributed by atoms with Crippen molar-refractivity contribution in [2.75, 3.05) is 73.4 Å². The number of hydrogen-bond acceptors (Lipinski definition) is 15. The summed E-state index contributed by atoms with van der Waals surface area (Å²) < 4.78 is 74.1. The molecule has 23 nitrogen and oxygen atoms in total. The maximum Gasteiger partial charge on any atom is 0.314 e. The zero-order valence-corrected chi connectivity index (χ0v) is 65.1. The van der Waals surface area contributed by atoms with Crippen LogP contribution in [-0.4, -0.2) is 195 Å². The molecule has 3 aromatic rings. The van der Waals surface area contributed by atoms with E-state index in [0.29, 0.717) is 63.8 Å². The fraction of sp³-hybridized carbons (Fsp3) is 0.646. The number of halogens is 4. The summed E-state index contributed by atoms with van der Waals surface area (Å²) in [6.45, 7) is 21.4. The lowest BCUT2D eigenvalue weighted by Crippen LogP contribution is -2.59. The minimum Gasteiger partial charge on any atom is -0.420 e. The Balaban J connectivity index is 1.17. The fourth-order valence-electron chi connectivity index (χ4n) is 14.8. The van der Waals surface area contributed by atoms with E-state index in [0.717, 1.165) is 18.1 Å². The lowest BCUT2D eigenvalue weighted by atomic mass is 9.85. The first-order valence-electron chi connectivity index (χ1n) is 37.5. The van der Waals surface area contributed by atoms with Crippen LogP contribution in [0.15, 0.2) is 54.6 Å². The van der Waals surface area contributed by atoms with Crippen LogP contribution >= 0.6 is 0 Å². The number of likely N-dealkylation sites (tertiary alicyclic amines) is 2. The van der Waals surface area contributed by atoms with Crippen molar-refractivity contribution in [3.8, 4) is 5.75 Å². The molecule has 27 heteroatoms. The molecule has 0 aromatic heterocycles. The number of esters is 1. The number of benzene rings is 3. The van der Waals surface area contributed by atoms with Gasteiger partial charge in [0.1, 0.15) is 11.8 Å². The molecule has 2 aliphatic rings. The van der Waals surface area contributed by atoms with Crippen LogP contribution < -0.4 is 37.1 Å². The standard InChI is InChI=1S/C79H118F4N10O13/c1-17-48(8)71(91(14)77(101)69(46(4)5)89-76(100)70(47(6)7)90(12)13)61(104-15)44-63(97)93-38-22-27-58(93)72(105-16)50(10)59(94)43-56(41-53-24-19-18-20-25-53)74(98)85-36-33-52-29-31-57(32-30-52)87-75(99)54(26-21-35-86-79(84)103)42-60(95)68(45(2)3)88-62(96)28-23-37-92-39-34-55(40-49(92)9)78(102)106-73-65(81)51(11)64(80)66(82)67(73)83/h18-20,24-25,29-32,45-50,54-56,58,61,68-72H,17,21-23,26-28,33-44H2,1-16H3,(H,85,98)(H,87,99)(H,88,96)(H,89,100)(H3,84,86,103)/t48-,49?,50-,54+,55?,56+,58-,61+,68-,69-,70-,71-,72+/m0/s1. The van der Waals surface area contributed by atoms with Crippen molar-refractivity contribution >= 4 is 64.7 Å². The minimum absolute atomic E-state index is 0.00888. The van der Waals surface area contributed by atoms with Crippen molar-refractivity contribution in [1.29, 1.82) is 0 Å². The number of urea groups is 1. The van der Waals surface area contributed by atoms with Gasteiger partial charge in [-0.1, -0.05) is 111 Å². The van der Waals surface area contributed by atoms with Gasteiger partial charge in [0.25, 0.3) is 0 Å². The van der Waals surface area contributed by atoms with Gasteiger partial charge in [-0.3, -0.25) is 48.1 Å². The first-order valence-corrected chi connectivity index (χ1v) is 37.5. The number of amides is 8. The molecule has 13 atom stereocenters. The Hall–Kier alpha value is -7.88. The number of nitrogens with one attached hydrogen (secondary N) is 5. The number of carbonyl (C=O) groups excluding carboxylic acids is 10. The molecule has 106 heavy (non-hydrogen) atoms. The molecule has 0 radical (unpaired) electrons. The molecule has 0 spiro atoms. The van der Waals surface area contributed by atoms with Gasteiger partial charge in [0, 0.05) is 95.2 Å². The Labute approximate surface area is 624 Å². The van der Waals surface area contributed by atoms with Gasteiger partial charge in [0.15, 0.2) is 23.2 Å². The van der Waals surface area contributed by atoms with Crippen molar-refractivity contribution in [3.05, 3.63) is 94.6 Å². The lowest BCUT2D eigenvalue weighted by molar-refractivity contribution is -0.148. The van der Waals surface area contributed by atoms with Gasteiger partial charge in [-0.25, -0.2) is 18.0 Å². The predicted octanol–water partition coefficient (Wildman–Crippen LogP) is 9.27. The van der Waals surface area contributed by atoms with Crippen molar-refractivity contribution in [1.82, 2.24) is 40.9 Å². The van der Waals surface area contributed by atoms with Crippen LogP contribution in [0.25, 0.3) is 0 Å². The Morgan fingerprint density at radius 1 is 0.679 bits per heavy atom. The first-order chi connectivity index (χ1) is 50.1. The van der Waals surface area contributed by atoms with Crippen LogP contribution in [0.2, 0.25) is 0 Å². The predicted molar refractivity (Wildman–Crippen MR) is 397 cm³/mol. The van der Waals surface area contributed by atoms with Crippen molar-refractivity contribution in [2.24, 2.45) is 53.1 Å². The SMILES string of the molecule is CC[C@H](C)[C@@H]([C@@H](CC(=O)N1CCC[C@H]1[C@H](OC)[C@@H](C)C(=O)C[C@@H](Cc1ccccc1)C(=O)NCCc1ccc(NC(=O)[C@H](CCCNC(N)=O)CC(=O)[C@@H](NC(=O)CCCN2CCC(C(=O)Oc3c(F)c(C)c(F)c(F)c3F)CC2C)C(C)C)cc1)OC)N(C)C(=O)[C@@H](NC(=O)[C@H](C(C)C)N(C)C)C(C)C. The van der Waals surface area contributed by atoms with E-state index >= 15 is 0 Å². The fourth-order valence-corrected chi connectivity index (χ4v) is 14.8. The monoisotopic (exact) mass is 1490 g/mol. The average molecular weight is 1490 g/mol. The van der Waals surface area contributed by atoms with Crippen LogP contribution in [0.5, 0.6) is 5.75 Å². The van der Waals surface area contributed by atoms with E-state index in [-0.39, 0.29) is 129 Å². The summed E-state index contributed by atoms with van der Waals surface area (Å²) in [7, 11) is 8.43. The number of methoxy groups -OCH3 is 2. The molecule has 3 aromatic carbocycles. The lowest BCUT2D eigenvalue weighted by Gasteiger charge is -2.41. The third-order valence-corrected chi connectivity index (χ3v) is 21.1. The molecular weight excluding hydrogens is 1370 g/mol. The molecule has 2 saturated heterocycles. The first kappa shape index (κ1) is 88.7. The van der Waals surface area contributed by atoms with Gasteiger partial charge < -0.3 is 61.2 Å². The smallest absolute Gasteiger partial charge is 0.314 e. The number of rotatable bonds is 42. The Kier molecular flexibility index (Phi) is 35.7. The minimum atomic E-state index is -1.95. The van der Waals surface area contributed by atoms with E-state index in [9.17, 15) is 65.5 Å². The molecule has 7 N–H and O–H groups in total. The Morgan fingerprint density at radius 3 is 1.92 bits per heavy atom.